The second-order valence-corrected chi connectivity index (χ2v) is 8.06. The number of allylic oxidation sites excluding steroid dienone is 1. The monoisotopic (exact) mass is 422 g/mol. The molecule has 1 amide bonds. The van der Waals surface area contributed by atoms with Crippen LogP contribution in [-0.2, 0) is 16.0 Å². The largest absolute Gasteiger partial charge is 0.508 e. The highest BCUT2D eigenvalue weighted by Crippen LogP contribution is 2.34. The van der Waals surface area contributed by atoms with Crippen molar-refractivity contribution >= 4 is 30.5 Å². The number of nitrogens with one attached hydrogen (secondary N) is 1. The maximum Gasteiger partial charge on any atom is 0.233 e. The second-order valence-electron chi connectivity index (χ2n) is 7.54. The number of carbonyl (C=O) groups excluding carboxylic acids is 2. The molecule has 3 rings (SSSR count). The predicted molar refractivity (Wildman–Crippen MR) is 120 cm³/mol. The lowest BCUT2D eigenvalue weighted by atomic mass is 9.98. The van der Waals surface area contributed by atoms with E-state index in [1.807, 2.05) is 31.2 Å². The summed E-state index contributed by atoms with van der Waals surface area (Å²) in [6.07, 6.45) is 3.72. The molecule has 156 valence electrons. The number of likely N-dealkylation sites (N-methyl/N-ethyl adjacent to an activating group) is 1. The first-order valence-electron chi connectivity index (χ1n) is 10.0. The van der Waals surface area contributed by atoms with Gasteiger partial charge < -0.3 is 20.2 Å². The van der Waals surface area contributed by atoms with Gasteiger partial charge in [-0.2, -0.15) is 0 Å². The van der Waals surface area contributed by atoms with E-state index in [2.05, 4.69) is 18.7 Å². The molecule has 0 spiro atoms. The third-order valence-electron chi connectivity index (χ3n) is 5.36. The summed E-state index contributed by atoms with van der Waals surface area (Å²) in [5.74, 6) is -0.583. The number of hydrogen-bond donors (Lipinski definition) is 3. The van der Waals surface area contributed by atoms with E-state index in [0.717, 1.165) is 21.6 Å². The molecule has 2 aromatic carbocycles. The summed E-state index contributed by atoms with van der Waals surface area (Å²) >= 11 is 4.27. The highest BCUT2D eigenvalue weighted by atomic mass is 32.1. The van der Waals surface area contributed by atoms with Crippen molar-refractivity contribution in [1.82, 2.24) is 4.90 Å². The van der Waals surface area contributed by atoms with Gasteiger partial charge in [-0.15, -0.1) is 12.6 Å². The average Bonchev–Trinajstić information content (AvgIpc) is 3.48. The Morgan fingerprint density at radius 2 is 1.87 bits per heavy atom. The molecular formula is C24H26N2O3S. The lowest BCUT2D eigenvalue weighted by Gasteiger charge is -2.23. The molecule has 2 unspecified atom stereocenters. The zero-order chi connectivity index (χ0) is 21.7. The Morgan fingerprint density at radius 3 is 2.47 bits per heavy atom. The number of phenols is 1. The van der Waals surface area contributed by atoms with Crippen LogP contribution in [0.1, 0.15) is 24.5 Å². The number of amides is 1. The van der Waals surface area contributed by atoms with Crippen molar-refractivity contribution in [3.63, 3.8) is 0 Å². The highest BCUT2D eigenvalue weighted by Gasteiger charge is 2.31. The Labute approximate surface area is 182 Å². The fraction of sp³-hybridized carbons (Fsp3) is 0.292. The first-order valence-corrected chi connectivity index (χ1v) is 10.5. The molecule has 2 aromatic rings. The van der Waals surface area contributed by atoms with E-state index in [1.165, 1.54) is 0 Å². The molecule has 0 heterocycles. The quantitative estimate of drug-likeness (QED) is 0.179. The molecule has 2 atom stereocenters. The Balaban J connectivity index is 1.54. The fourth-order valence-electron chi connectivity index (χ4n) is 3.45. The van der Waals surface area contributed by atoms with E-state index in [9.17, 15) is 14.7 Å². The lowest BCUT2D eigenvalue weighted by molar-refractivity contribution is -0.137. The van der Waals surface area contributed by atoms with Gasteiger partial charge in [-0.05, 0) is 60.7 Å². The van der Waals surface area contributed by atoms with Crippen LogP contribution >= 0.6 is 12.6 Å². The normalized spacial score (nSPS) is 15.8. The van der Waals surface area contributed by atoms with E-state index < -0.39 is 5.92 Å². The van der Waals surface area contributed by atoms with E-state index in [4.69, 9.17) is 5.41 Å². The van der Waals surface area contributed by atoms with Crippen LogP contribution in [0, 0.1) is 17.2 Å². The molecule has 0 saturated heterocycles. The summed E-state index contributed by atoms with van der Waals surface area (Å²) in [6, 6.07) is 14.1. The van der Waals surface area contributed by atoms with Gasteiger partial charge in [0.2, 0.25) is 5.91 Å². The molecule has 1 aliphatic rings. The minimum Gasteiger partial charge on any atom is -0.508 e. The molecule has 0 radical (unpaired) electrons. The molecule has 30 heavy (non-hydrogen) atoms. The van der Waals surface area contributed by atoms with E-state index in [1.54, 1.807) is 29.2 Å². The number of carbonyl (C=O) groups is 2. The third-order valence-corrected chi connectivity index (χ3v) is 5.66. The average molecular weight is 423 g/mol. The molecule has 1 aliphatic carbocycles. The molecule has 0 aliphatic heterocycles. The highest BCUT2D eigenvalue weighted by molar-refractivity contribution is 7.80. The van der Waals surface area contributed by atoms with Crippen LogP contribution < -0.4 is 0 Å². The molecule has 6 heteroatoms. The molecule has 2 N–H and O–H groups in total. The Morgan fingerprint density at radius 1 is 1.20 bits per heavy atom. The Hall–Kier alpha value is -2.86. The molecule has 0 aromatic heterocycles. The Bertz CT molecular complexity index is 951. The van der Waals surface area contributed by atoms with Crippen molar-refractivity contribution in [2.24, 2.45) is 11.8 Å². The smallest absolute Gasteiger partial charge is 0.233 e. The van der Waals surface area contributed by atoms with Gasteiger partial charge in [0.25, 0.3) is 0 Å². The topological polar surface area (TPSA) is 81.5 Å². The van der Waals surface area contributed by atoms with Crippen molar-refractivity contribution in [3.05, 3.63) is 71.3 Å². The standard InChI is InChI=1S/C24H26N2O3S/c1-2-26(24(29)20(15-27)11-16-3-7-21(28)8-4-16)14-19-12-18(19)13-23(25)17-5-9-22(30)10-6-17/h3-10,12,15,18,20,25,28,30H,2,11,13-14H2,1H3. The van der Waals surface area contributed by atoms with Gasteiger partial charge in [0.1, 0.15) is 12.0 Å². The van der Waals surface area contributed by atoms with E-state index in [0.29, 0.717) is 37.9 Å². The lowest BCUT2D eigenvalue weighted by Crippen LogP contribution is -2.38. The van der Waals surface area contributed by atoms with Gasteiger partial charge in [0.15, 0.2) is 0 Å². The predicted octanol–water partition coefficient (Wildman–Crippen LogP) is 3.90. The van der Waals surface area contributed by atoms with Crippen LogP contribution in [-0.4, -0.2) is 41.0 Å². The first kappa shape index (κ1) is 21.8. The van der Waals surface area contributed by atoms with Crippen molar-refractivity contribution in [2.45, 2.75) is 24.7 Å². The summed E-state index contributed by atoms with van der Waals surface area (Å²) in [5.41, 5.74) is 3.41. The summed E-state index contributed by atoms with van der Waals surface area (Å²) in [5, 5.41) is 17.7. The maximum atomic E-state index is 12.9. The van der Waals surface area contributed by atoms with Crippen LogP contribution in [0.3, 0.4) is 0 Å². The number of benzene rings is 2. The number of phenolic OH excluding ortho intramolecular Hbond substituents is 1. The summed E-state index contributed by atoms with van der Waals surface area (Å²) in [7, 11) is 0. The zero-order valence-corrected chi connectivity index (χ0v) is 17.8. The first-order chi connectivity index (χ1) is 14.4. The maximum absolute atomic E-state index is 12.9. The van der Waals surface area contributed by atoms with E-state index in [-0.39, 0.29) is 17.6 Å². The number of thiol groups is 1. The molecule has 5 nitrogen and oxygen atoms in total. The van der Waals surface area contributed by atoms with Crippen LogP contribution in [0.15, 0.2) is 65.1 Å². The van der Waals surface area contributed by atoms with Crippen molar-refractivity contribution in [1.29, 1.82) is 5.41 Å². The Kier molecular flexibility index (Phi) is 7.11. The van der Waals surface area contributed by atoms with E-state index >= 15 is 0 Å². The second kappa shape index (κ2) is 9.76. The minimum absolute atomic E-state index is 0.154. The van der Waals surface area contributed by atoms with Gasteiger partial charge in [0, 0.05) is 29.6 Å². The number of aldehydes is 1. The van der Waals surface area contributed by atoms with Crippen molar-refractivity contribution in [2.75, 3.05) is 13.1 Å². The fourth-order valence-corrected chi connectivity index (χ4v) is 3.60. The summed E-state index contributed by atoms with van der Waals surface area (Å²) < 4.78 is 0. The van der Waals surface area contributed by atoms with Crippen LogP contribution in [0.25, 0.3) is 0 Å². The van der Waals surface area contributed by atoms with Crippen LogP contribution in [0.5, 0.6) is 5.75 Å². The molecular weight excluding hydrogens is 396 g/mol. The van der Waals surface area contributed by atoms with Crippen LogP contribution in [0.2, 0.25) is 0 Å². The van der Waals surface area contributed by atoms with Gasteiger partial charge in [0.05, 0.1) is 5.92 Å². The molecule has 0 fully saturated rings. The van der Waals surface area contributed by atoms with Crippen LogP contribution in [0.4, 0.5) is 0 Å². The number of hydrogen-bond acceptors (Lipinski definition) is 5. The number of aromatic hydroxyl groups is 1. The van der Waals surface area contributed by atoms with Gasteiger partial charge in [-0.25, -0.2) is 0 Å². The number of nitrogens with zero attached hydrogens (tertiary/aromatic N) is 1. The van der Waals surface area contributed by atoms with Gasteiger partial charge in [-0.3, -0.25) is 4.79 Å². The number of rotatable bonds is 10. The van der Waals surface area contributed by atoms with Crippen molar-refractivity contribution in [3.8, 4) is 5.75 Å². The summed E-state index contributed by atoms with van der Waals surface area (Å²) in [4.78, 5) is 27.0. The third kappa shape index (κ3) is 5.60. The van der Waals surface area contributed by atoms with Crippen molar-refractivity contribution < 1.29 is 14.7 Å². The SMILES string of the molecule is CCN(CC1=CC1CC(=N)c1ccc(S)cc1)C(=O)C(C=O)Cc1ccc(O)cc1. The van der Waals surface area contributed by atoms with Gasteiger partial charge >= 0.3 is 0 Å². The molecule has 0 bridgehead atoms. The zero-order valence-electron chi connectivity index (χ0n) is 16.9. The minimum atomic E-state index is -0.745. The summed E-state index contributed by atoms with van der Waals surface area (Å²) in [6.45, 7) is 2.91. The van der Waals surface area contributed by atoms with Gasteiger partial charge in [-0.1, -0.05) is 30.3 Å². The molecule has 0 saturated carbocycles.